The summed E-state index contributed by atoms with van der Waals surface area (Å²) in [4.78, 5) is 2.67. The molecule has 2 aliphatic heterocycles. The van der Waals surface area contributed by atoms with E-state index in [1.54, 1.807) is 0 Å². The van der Waals surface area contributed by atoms with Crippen molar-refractivity contribution in [1.29, 1.82) is 0 Å². The van der Waals surface area contributed by atoms with Crippen LogP contribution in [-0.2, 0) is 11.0 Å². The van der Waals surface area contributed by atoms with Crippen LogP contribution in [0, 0.1) is 11.3 Å². The Balaban J connectivity index is 1.69. The van der Waals surface area contributed by atoms with E-state index in [9.17, 15) is 0 Å². The summed E-state index contributed by atoms with van der Waals surface area (Å²) in [5.41, 5.74) is 1.83. The average Bonchev–Trinajstić information content (AvgIpc) is 2.90. The minimum atomic E-state index is -1.69. The monoisotopic (exact) mass is 374 g/mol. The highest BCUT2D eigenvalue weighted by Gasteiger charge is 2.48. The van der Waals surface area contributed by atoms with E-state index in [1.165, 1.54) is 38.0 Å². The van der Waals surface area contributed by atoms with Crippen LogP contribution in [0.1, 0.15) is 39.2 Å². The van der Waals surface area contributed by atoms with Crippen molar-refractivity contribution in [1.82, 2.24) is 10.2 Å². The largest absolute Gasteiger partial charge is 0.416 e. The van der Waals surface area contributed by atoms with Crippen LogP contribution in [0.5, 0.6) is 0 Å². The molecule has 3 rings (SSSR count). The van der Waals surface area contributed by atoms with E-state index in [1.807, 2.05) is 0 Å². The molecule has 1 aromatic carbocycles. The van der Waals surface area contributed by atoms with Crippen molar-refractivity contribution in [3.05, 3.63) is 35.9 Å². The minimum Gasteiger partial charge on any atom is -0.416 e. The molecule has 146 valence electrons. The second-order valence-electron chi connectivity index (χ2n) is 10.1. The van der Waals surface area contributed by atoms with Crippen molar-refractivity contribution in [2.24, 2.45) is 11.3 Å². The Morgan fingerprint density at radius 3 is 2.58 bits per heavy atom. The highest BCUT2D eigenvalue weighted by atomic mass is 28.4. The molecule has 0 bridgehead atoms. The van der Waals surface area contributed by atoms with Gasteiger partial charge in [0, 0.05) is 44.1 Å². The smallest absolute Gasteiger partial charge is 0.191 e. The number of hydrogen-bond acceptors (Lipinski definition) is 3. The normalized spacial score (nSPS) is 28.0. The zero-order chi connectivity index (χ0) is 18.8. The summed E-state index contributed by atoms with van der Waals surface area (Å²) in [5.74, 6) is 0.646. The zero-order valence-corrected chi connectivity index (χ0v) is 18.5. The van der Waals surface area contributed by atoms with E-state index in [4.69, 9.17) is 4.43 Å². The van der Waals surface area contributed by atoms with E-state index in [0.717, 1.165) is 19.7 Å². The van der Waals surface area contributed by atoms with Crippen molar-refractivity contribution in [2.75, 3.05) is 32.8 Å². The third kappa shape index (κ3) is 4.41. The molecule has 2 aliphatic rings. The van der Waals surface area contributed by atoms with Crippen LogP contribution in [0.25, 0.3) is 0 Å². The summed E-state index contributed by atoms with van der Waals surface area (Å²) < 4.78 is 6.69. The number of piperidine rings is 1. The van der Waals surface area contributed by atoms with Gasteiger partial charge < -0.3 is 9.74 Å². The molecular formula is C22H38N2OSi. The van der Waals surface area contributed by atoms with Crippen LogP contribution in [0.4, 0.5) is 0 Å². The first-order chi connectivity index (χ1) is 12.2. The SMILES string of the molecule is CC(C)(C)[Si](C)(C)OC[C@H]1CN(Cc2ccccc2)C[C@]12CCCNC2. The molecule has 3 nitrogen and oxygen atoms in total. The summed E-state index contributed by atoms with van der Waals surface area (Å²) in [7, 11) is -1.69. The van der Waals surface area contributed by atoms with Gasteiger partial charge in [-0.1, -0.05) is 51.1 Å². The predicted molar refractivity (Wildman–Crippen MR) is 113 cm³/mol. The molecule has 0 saturated carbocycles. The second-order valence-corrected chi connectivity index (χ2v) is 14.9. The third-order valence-electron chi connectivity index (χ3n) is 7.09. The Bertz CT molecular complexity index is 576. The van der Waals surface area contributed by atoms with Gasteiger partial charge in [0.15, 0.2) is 8.32 Å². The van der Waals surface area contributed by atoms with Gasteiger partial charge in [-0.3, -0.25) is 4.90 Å². The molecule has 1 spiro atoms. The van der Waals surface area contributed by atoms with Crippen molar-refractivity contribution in [2.45, 2.75) is 58.3 Å². The molecule has 0 unspecified atom stereocenters. The fourth-order valence-corrected chi connectivity index (χ4v) is 5.39. The first-order valence-electron chi connectivity index (χ1n) is 10.3. The number of hydrogen-bond donors (Lipinski definition) is 1. The zero-order valence-electron chi connectivity index (χ0n) is 17.5. The van der Waals surface area contributed by atoms with Crippen molar-refractivity contribution < 1.29 is 4.43 Å². The van der Waals surface area contributed by atoms with Crippen molar-refractivity contribution >= 4 is 8.32 Å². The van der Waals surface area contributed by atoms with Gasteiger partial charge in [0.2, 0.25) is 0 Å². The van der Waals surface area contributed by atoms with Crippen molar-refractivity contribution in [3.63, 3.8) is 0 Å². The molecular weight excluding hydrogens is 336 g/mol. The summed E-state index contributed by atoms with van der Waals surface area (Å²) >= 11 is 0. The van der Waals surface area contributed by atoms with Crippen molar-refractivity contribution in [3.8, 4) is 0 Å². The molecule has 1 aromatic rings. The molecule has 0 radical (unpaired) electrons. The molecule has 2 atom stereocenters. The lowest BCUT2D eigenvalue weighted by molar-refractivity contribution is 0.107. The van der Waals surface area contributed by atoms with Gasteiger partial charge in [-0.25, -0.2) is 0 Å². The average molecular weight is 375 g/mol. The maximum atomic E-state index is 6.69. The number of rotatable bonds is 5. The summed E-state index contributed by atoms with van der Waals surface area (Å²) in [6.45, 7) is 18.5. The first kappa shape index (κ1) is 20.1. The van der Waals surface area contributed by atoms with E-state index in [2.05, 4.69) is 74.4 Å². The topological polar surface area (TPSA) is 24.5 Å². The lowest BCUT2D eigenvalue weighted by Gasteiger charge is -2.42. The Kier molecular flexibility index (Phi) is 5.98. The molecule has 2 saturated heterocycles. The van der Waals surface area contributed by atoms with Crippen LogP contribution < -0.4 is 5.32 Å². The third-order valence-corrected chi connectivity index (χ3v) is 11.6. The van der Waals surface area contributed by atoms with Crippen LogP contribution >= 0.6 is 0 Å². The van der Waals surface area contributed by atoms with Gasteiger partial charge in [0.25, 0.3) is 0 Å². The van der Waals surface area contributed by atoms with Crippen LogP contribution in [0.2, 0.25) is 18.1 Å². The first-order valence-corrected chi connectivity index (χ1v) is 13.2. The molecule has 1 N–H and O–H groups in total. The van der Waals surface area contributed by atoms with Crippen LogP contribution in [-0.4, -0.2) is 46.0 Å². The van der Waals surface area contributed by atoms with Gasteiger partial charge in [0.05, 0.1) is 0 Å². The quantitative estimate of drug-likeness (QED) is 0.768. The number of likely N-dealkylation sites (tertiary alicyclic amines) is 1. The van der Waals surface area contributed by atoms with Crippen LogP contribution in [0.15, 0.2) is 30.3 Å². The highest BCUT2D eigenvalue weighted by Crippen LogP contribution is 2.44. The Labute approximate surface area is 161 Å². The molecule has 0 aliphatic carbocycles. The summed E-state index contributed by atoms with van der Waals surface area (Å²) in [5, 5.41) is 3.97. The Morgan fingerprint density at radius 2 is 1.96 bits per heavy atom. The summed E-state index contributed by atoms with van der Waals surface area (Å²) in [6.07, 6.45) is 2.65. The molecule has 2 fully saturated rings. The van der Waals surface area contributed by atoms with Gasteiger partial charge in [-0.05, 0) is 43.1 Å². The van der Waals surface area contributed by atoms with E-state index >= 15 is 0 Å². The molecule has 26 heavy (non-hydrogen) atoms. The lowest BCUT2D eigenvalue weighted by atomic mass is 9.73. The van der Waals surface area contributed by atoms with E-state index < -0.39 is 8.32 Å². The summed E-state index contributed by atoms with van der Waals surface area (Å²) in [6, 6.07) is 10.9. The molecule has 0 aromatic heterocycles. The Morgan fingerprint density at radius 1 is 1.23 bits per heavy atom. The number of nitrogens with one attached hydrogen (secondary N) is 1. The maximum absolute atomic E-state index is 6.69. The lowest BCUT2D eigenvalue weighted by Crippen LogP contribution is -2.48. The van der Waals surface area contributed by atoms with E-state index in [0.29, 0.717) is 11.3 Å². The highest BCUT2D eigenvalue weighted by molar-refractivity contribution is 6.74. The predicted octanol–water partition coefficient (Wildman–Crippen LogP) is 4.51. The number of nitrogens with zero attached hydrogens (tertiary/aromatic N) is 1. The fraction of sp³-hybridized carbons (Fsp3) is 0.727. The van der Waals surface area contributed by atoms with Gasteiger partial charge in [-0.15, -0.1) is 0 Å². The second kappa shape index (κ2) is 7.74. The maximum Gasteiger partial charge on any atom is 0.191 e. The fourth-order valence-electron chi connectivity index (χ4n) is 4.34. The number of benzene rings is 1. The minimum absolute atomic E-state index is 0.285. The standard InChI is InChI=1S/C22H38N2OSi/c1-21(2,3)26(4,5)25-16-20-15-24(14-19-10-7-6-8-11-19)18-22(20)12-9-13-23-17-22/h6-8,10-11,20,23H,9,12-18H2,1-5H3/t20-,22-/m1/s1. The van der Waals surface area contributed by atoms with E-state index in [-0.39, 0.29) is 5.04 Å². The molecule has 4 heteroatoms. The van der Waals surface area contributed by atoms with Crippen LogP contribution in [0.3, 0.4) is 0 Å². The molecule has 0 amide bonds. The van der Waals surface area contributed by atoms with Gasteiger partial charge >= 0.3 is 0 Å². The Hall–Kier alpha value is -0.683. The van der Waals surface area contributed by atoms with Gasteiger partial charge in [-0.2, -0.15) is 0 Å². The van der Waals surface area contributed by atoms with Gasteiger partial charge in [0.1, 0.15) is 0 Å². The molecule has 2 heterocycles.